The molecule has 2 atom stereocenters. The van der Waals surface area contributed by atoms with E-state index in [4.69, 9.17) is 0 Å². The molecule has 0 fully saturated rings. The Morgan fingerprint density at radius 2 is 1.41 bits per heavy atom. The molecular weight excluding hydrogens is 456 g/mol. The third-order valence-corrected chi connectivity index (χ3v) is 9.31. The molecule has 160 valence electrons. The predicted octanol–water partition coefficient (Wildman–Crippen LogP) is 10.4. The second kappa shape index (κ2) is 11.3. The quantitative estimate of drug-likeness (QED) is 0.235. The summed E-state index contributed by atoms with van der Waals surface area (Å²) in [5.74, 6) is 1.61. The van der Waals surface area contributed by atoms with Gasteiger partial charge in [0, 0.05) is 9.40 Å². The highest BCUT2D eigenvalue weighted by atomic mass is 79.9. The SMILES string of the molecule is CCCCC(CC)Cc1c2cc(Br)sc2c(CC(CC)CCCC)c2ccsc12. The third-order valence-electron chi connectivity index (χ3n) is 6.64. The minimum atomic E-state index is 0.806. The van der Waals surface area contributed by atoms with Gasteiger partial charge in [0.15, 0.2) is 0 Å². The monoisotopic (exact) mass is 492 g/mol. The Balaban J connectivity index is 2.06. The second-order valence-electron chi connectivity index (χ2n) is 8.66. The number of hydrogen-bond donors (Lipinski definition) is 0. The van der Waals surface area contributed by atoms with Crippen LogP contribution in [0.4, 0.5) is 0 Å². The van der Waals surface area contributed by atoms with Crippen molar-refractivity contribution in [3.63, 3.8) is 0 Å². The average molecular weight is 494 g/mol. The van der Waals surface area contributed by atoms with Crippen LogP contribution in [0, 0.1) is 11.8 Å². The first kappa shape index (κ1) is 23.3. The van der Waals surface area contributed by atoms with Gasteiger partial charge in [-0.3, -0.25) is 0 Å². The van der Waals surface area contributed by atoms with Gasteiger partial charge in [0.05, 0.1) is 3.79 Å². The van der Waals surface area contributed by atoms with Crippen molar-refractivity contribution in [2.45, 2.75) is 91.9 Å². The fraction of sp³-hybridized carbons (Fsp3) is 0.615. The number of rotatable bonds is 12. The van der Waals surface area contributed by atoms with Crippen LogP contribution in [0.25, 0.3) is 20.2 Å². The summed E-state index contributed by atoms with van der Waals surface area (Å²) in [5, 5.41) is 5.41. The lowest BCUT2D eigenvalue weighted by Gasteiger charge is -2.20. The van der Waals surface area contributed by atoms with Gasteiger partial charge < -0.3 is 0 Å². The summed E-state index contributed by atoms with van der Waals surface area (Å²) < 4.78 is 4.41. The van der Waals surface area contributed by atoms with Gasteiger partial charge in [0.1, 0.15) is 0 Å². The van der Waals surface area contributed by atoms with Crippen LogP contribution in [-0.2, 0) is 12.8 Å². The summed E-state index contributed by atoms with van der Waals surface area (Å²) in [6.07, 6.45) is 13.1. The van der Waals surface area contributed by atoms with E-state index in [1.54, 1.807) is 25.9 Å². The fourth-order valence-corrected chi connectivity index (χ4v) is 7.39. The zero-order valence-electron chi connectivity index (χ0n) is 18.7. The third kappa shape index (κ3) is 5.46. The molecular formula is C26H37BrS2. The van der Waals surface area contributed by atoms with Crippen LogP contribution in [0.15, 0.2) is 21.3 Å². The summed E-state index contributed by atoms with van der Waals surface area (Å²) in [4.78, 5) is 0. The number of halogens is 1. The van der Waals surface area contributed by atoms with E-state index in [-0.39, 0.29) is 0 Å². The van der Waals surface area contributed by atoms with Gasteiger partial charge in [-0.15, -0.1) is 22.7 Å². The number of thiophene rings is 2. The zero-order chi connectivity index (χ0) is 20.8. The molecule has 3 rings (SSSR count). The van der Waals surface area contributed by atoms with Gasteiger partial charge in [-0.2, -0.15) is 0 Å². The molecule has 0 nitrogen and oxygen atoms in total. The van der Waals surface area contributed by atoms with E-state index in [9.17, 15) is 0 Å². The van der Waals surface area contributed by atoms with E-state index in [0.29, 0.717) is 0 Å². The Labute approximate surface area is 194 Å². The second-order valence-corrected chi connectivity index (χ2v) is 12.0. The van der Waals surface area contributed by atoms with E-state index >= 15 is 0 Å². The molecule has 0 saturated heterocycles. The molecule has 3 heteroatoms. The normalized spacial score (nSPS) is 14.1. The molecule has 29 heavy (non-hydrogen) atoms. The molecule has 0 spiro atoms. The molecule has 0 aliphatic rings. The van der Waals surface area contributed by atoms with Crippen LogP contribution < -0.4 is 0 Å². The van der Waals surface area contributed by atoms with Crippen molar-refractivity contribution >= 4 is 58.8 Å². The first-order chi connectivity index (χ1) is 14.1. The molecule has 2 aromatic heterocycles. The summed E-state index contributed by atoms with van der Waals surface area (Å²) in [5.41, 5.74) is 3.25. The number of hydrogen-bond acceptors (Lipinski definition) is 2. The van der Waals surface area contributed by atoms with Crippen LogP contribution in [0.1, 0.15) is 90.2 Å². The lowest BCUT2D eigenvalue weighted by molar-refractivity contribution is 0.450. The van der Waals surface area contributed by atoms with Gasteiger partial charge in [-0.05, 0) is 80.0 Å². The van der Waals surface area contributed by atoms with Crippen molar-refractivity contribution < 1.29 is 0 Å². The van der Waals surface area contributed by atoms with E-state index in [0.717, 1.165) is 11.8 Å². The Bertz CT molecular complexity index is 834. The van der Waals surface area contributed by atoms with Gasteiger partial charge in [0.2, 0.25) is 0 Å². The lowest BCUT2D eigenvalue weighted by Crippen LogP contribution is -2.06. The van der Waals surface area contributed by atoms with E-state index in [1.807, 2.05) is 22.7 Å². The average Bonchev–Trinajstić information content (AvgIpc) is 3.36. The van der Waals surface area contributed by atoms with Crippen LogP contribution in [0.2, 0.25) is 0 Å². The molecule has 0 bridgehead atoms. The smallest absolute Gasteiger partial charge is 0.0711 e. The highest BCUT2D eigenvalue weighted by molar-refractivity contribution is 9.11. The molecule has 2 heterocycles. The standard InChI is InChI=1S/C26H37BrS2/c1-5-9-11-18(7-3)15-21-20-13-14-28-25(20)22(16-19(8-4)12-10-6-2)23-17-24(27)29-26(21)23/h13-14,17-19H,5-12,15-16H2,1-4H3. The van der Waals surface area contributed by atoms with Crippen molar-refractivity contribution in [1.82, 2.24) is 0 Å². The largest absolute Gasteiger partial charge is 0.143 e. The van der Waals surface area contributed by atoms with Crippen molar-refractivity contribution in [3.05, 3.63) is 32.4 Å². The van der Waals surface area contributed by atoms with Gasteiger partial charge in [-0.1, -0.05) is 79.1 Å². The van der Waals surface area contributed by atoms with Gasteiger partial charge >= 0.3 is 0 Å². The van der Waals surface area contributed by atoms with Crippen LogP contribution in [0.5, 0.6) is 0 Å². The molecule has 3 aromatic rings. The minimum Gasteiger partial charge on any atom is -0.143 e. The minimum absolute atomic E-state index is 0.806. The maximum Gasteiger partial charge on any atom is 0.0711 e. The van der Waals surface area contributed by atoms with E-state index in [1.165, 1.54) is 73.4 Å². The molecule has 1 aromatic carbocycles. The Morgan fingerprint density at radius 3 is 1.97 bits per heavy atom. The molecule has 0 amide bonds. The first-order valence-corrected chi connectivity index (χ1v) is 14.2. The van der Waals surface area contributed by atoms with E-state index in [2.05, 4.69) is 61.1 Å². The molecule has 0 aliphatic heterocycles. The highest BCUT2D eigenvalue weighted by Crippen LogP contribution is 2.44. The number of unbranched alkanes of at least 4 members (excludes halogenated alkanes) is 2. The van der Waals surface area contributed by atoms with Gasteiger partial charge in [-0.25, -0.2) is 0 Å². The molecule has 0 saturated carbocycles. The fourth-order valence-electron chi connectivity index (χ4n) is 4.70. The first-order valence-electron chi connectivity index (χ1n) is 11.7. The van der Waals surface area contributed by atoms with Gasteiger partial charge in [0.25, 0.3) is 0 Å². The highest BCUT2D eigenvalue weighted by Gasteiger charge is 2.21. The van der Waals surface area contributed by atoms with Crippen molar-refractivity contribution in [2.75, 3.05) is 0 Å². The zero-order valence-corrected chi connectivity index (χ0v) is 21.9. The Kier molecular flexibility index (Phi) is 9.07. The Hall–Kier alpha value is -0.380. The molecule has 2 unspecified atom stereocenters. The number of fused-ring (bicyclic) bond motifs is 2. The maximum absolute atomic E-state index is 3.83. The van der Waals surface area contributed by atoms with E-state index < -0.39 is 0 Å². The Morgan fingerprint density at radius 1 is 0.828 bits per heavy atom. The summed E-state index contributed by atoms with van der Waals surface area (Å²) in [6, 6.07) is 4.82. The van der Waals surface area contributed by atoms with Crippen molar-refractivity contribution in [3.8, 4) is 0 Å². The van der Waals surface area contributed by atoms with Crippen molar-refractivity contribution in [1.29, 1.82) is 0 Å². The molecule has 0 aliphatic carbocycles. The van der Waals surface area contributed by atoms with Crippen LogP contribution in [-0.4, -0.2) is 0 Å². The van der Waals surface area contributed by atoms with Crippen molar-refractivity contribution in [2.24, 2.45) is 11.8 Å². The lowest BCUT2D eigenvalue weighted by atomic mass is 9.86. The summed E-state index contributed by atoms with van der Waals surface area (Å²) >= 11 is 7.76. The predicted molar refractivity (Wildman–Crippen MR) is 139 cm³/mol. The molecule has 0 radical (unpaired) electrons. The number of benzene rings is 1. The summed E-state index contributed by atoms with van der Waals surface area (Å²) in [7, 11) is 0. The molecule has 0 N–H and O–H groups in total. The van der Waals surface area contributed by atoms with Crippen LogP contribution in [0.3, 0.4) is 0 Å². The van der Waals surface area contributed by atoms with Crippen LogP contribution >= 0.6 is 38.6 Å². The maximum atomic E-state index is 3.83. The topological polar surface area (TPSA) is 0 Å². The summed E-state index contributed by atoms with van der Waals surface area (Å²) in [6.45, 7) is 9.38.